The standard InChI is InChI=1S/C11H13BrN2O2/c1-6(15)11-13-9-8(16-3)5-4-7(12)10(9)14(11)2/h4-5,11,13H,1-3H3. The van der Waals surface area contributed by atoms with E-state index in [1.807, 2.05) is 24.1 Å². The molecule has 1 unspecified atom stereocenters. The average Bonchev–Trinajstić information content (AvgIpc) is 2.58. The summed E-state index contributed by atoms with van der Waals surface area (Å²) in [6, 6.07) is 3.78. The normalized spacial score (nSPS) is 18.0. The van der Waals surface area contributed by atoms with E-state index in [4.69, 9.17) is 4.74 Å². The Morgan fingerprint density at radius 2 is 2.25 bits per heavy atom. The van der Waals surface area contributed by atoms with Crippen LogP contribution in [0, 0.1) is 0 Å². The van der Waals surface area contributed by atoms with Gasteiger partial charge in [-0.3, -0.25) is 4.79 Å². The summed E-state index contributed by atoms with van der Waals surface area (Å²) in [7, 11) is 3.50. The fraction of sp³-hybridized carbons (Fsp3) is 0.364. The molecule has 0 aromatic heterocycles. The lowest BCUT2D eigenvalue weighted by Crippen LogP contribution is -2.38. The van der Waals surface area contributed by atoms with E-state index >= 15 is 0 Å². The molecule has 0 saturated carbocycles. The van der Waals surface area contributed by atoms with Gasteiger partial charge in [-0.15, -0.1) is 0 Å². The van der Waals surface area contributed by atoms with Gasteiger partial charge in [0, 0.05) is 11.5 Å². The number of carbonyl (C=O) groups is 1. The minimum absolute atomic E-state index is 0.0765. The zero-order chi connectivity index (χ0) is 11.9. The molecule has 0 fully saturated rings. The van der Waals surface area contributed by atoms with Crippen molar-refractivity contribution in [1.82, 2.24) is 0 Å². The van der Waals surface area contributed by atoms with E-state index in [9.17, 15) is 4.79 Å². The molecule has 1 N–H and O–H groups in total. The summed E-state index contributed by atoms with van der Waals surface area (Å²) < 4.78 is 6.21. The third-order valence-electron chi connectivity index (χ3n) is 2.72. The predicted octanol–water partition coefficient (Wildman–Crippen LogP) is 2.23. The van der Waals surface area contributed by atoms with Crippen LogP contribution in [-0.4, -0.2) is 26.1 Å². The zero-order valence-corrected chi connectivity index (χ0v) is 11.0. The summed E-state index contributed by atoms with van der Waals surface area (Å²) >= 11 is 3.48. The van der Waals surface area contributed by atoms with Crippen LogP contribution in [0.25, 0.3) is 0 Å². The molecule has 16 heavy (non-hydrogen) atoms. The van der Waals surface area contributed by atoms with Crippen molar-refractivity contribution in [2.24, 2.45) is 0 Å². The van der Waals surface area contributed by atoms with Gasteiger partial charge in [0.15, 0.2) is 11.9 Å². The highest BCUT2D eigenvalue weighted by molar-refractivity contribution is 9.10. The number of methoxy groups -OCH3 is 1. The molecule has 0 spiro atoms. The second kappa shape index (κ2) is 3.97. The highest BCUT2D eigenvalue weighted by Gasteiger charge is 2.32. The number of likely N-dealkylation sites (N-methyl/N-ethyl adjacent to an activating group) is 1. The first kappa shape index (κ1) is 11.3. The van der Waals surface area contributed by atoms with Crippen LogP contribution >= 0.6 is 15.9 Å². The minimum atomic E-state index is -0.317. The van der Waals surface area contributed by atoms with Gasteiger partial charge in [0.2, 0.25) is 0 Å². The third-order valence-corrected chi connectivity index (χ3v) is 3.36. The molecule has 0 bridgehead atoms. The number of ether oxygens (including phenoxy) is 1. The van der Waals surface area contributed by atoms with Gasteiger partial charge in [-0.2, -0.15) is 0 Å². The van der Waals surface area contributed by atoms with Crippen molar-refractivity contribution in [3.8, 4) is 5.75 Å². The number of Topliss-reactive ketones (excluding diaryl/α,β-unsaturated/α-hetero) is 1. The number of nitrogens with zero attached hydrogens (tertiary/aromatic N) is 1. The predicted molar refractivity (Wildman–Crippen MR) is 67.2 cm³/mol. The first-order valence-electron chi connectivity index (χ1n) is 4.92. The van der Waals surface area contributed by atoms with Crippen LogP contribution in [0.15, 0.2) is 16.6 Å². The number of fused-ring (bicyclic) bond motifs is 1. The Morgan fingerprint density at radius 1 is 1.56 bits per heavy atom. The second-order valence-electron chi connectivity index (χ2n) is 3.74. The van der Waals surface area contributed by atoms with Gasteiger partial charge in [0.05, 0.1) is 12.8 Å². The molecule has 1 aliphatic heterocycles. The number of nitrogens with one attached hydrogen (secondary N) is 1. The van der Waals surface area contributed by atoms with Gasteiger partial charge in [-0.1, -0.05) is 0 Å². The SMILES string of the molecule is COc1ccc(Br)c2c1NC(C(C)=O)N2C. The van der Waals surface area contributed by atoms with Crippen molar-refractivity contribution >= 4 is 33.1 Å². The van der Waals surface area contributed by atoms with Crippen LogP contribution in [0.5, 0.6) is 5.75 Å². The number of hydrogen-bond acceptors (Lipinski definition) is 4. The molecule has 4 nitrogen and oxygen atoms in total. The summed E-state index contributed by atoms with van der Waals surface area (Å²) in [5.74, 6) is 0.821. The largest absolute Gasteiger partial charge is 0.495 e. The van der Waals surface area contributed by atoms with Gasteiger partial charge in [0.1, 0.15) is 11.4 Å². The Morgan fingerprint density at radius 3 is 2.81 bits per heavy atom. The molecule has 1 heterocycles. The maximum atomic E-state index is 11.5. The van der Waals surface area contributed by atoms with Gasteiger partial charge in [-0.25, -0.2) is 0 Å². The van der Waals surface area contributed by atoms with E-state index in [1.165, 1.54) is 0 Å². The van der Waals surface area contributed by atoms with Crippen molar-refractivity contribution < 1.29 is 9.53 Å². The summed E-state index contributed by atoms with van der Waals surface area (Å²) in [5, 5.41) is 3.17. The second-order valence-corrected chi connectivity index (χ2v) is 4.60. The lowest BCUT2D eigenvalue weighted by atomic mass is 10.2. The molecule has 0 aliphatic carbocycles. The molecular weight excluding hydrogens is 272 g/mol. The van der Waals surface area contributed by atoms with E-state index in [-0.39, 0.29) is 11.9 Å². The van der Waals surface area contributed by atoms with Crippen LogP contribution in [0.4, 0.5) is 11.4 Å². The van der Waals surface area contributed by atoms with Gasteiger partial charge < -0.3 is 15.0 Å². The maximum absolute atomic E-state index is 11.5. The van der Waals surface area contributed by atoms with E-state index in [0.717, 1.165) is 21.6 Å². The number of carbonyl (C=O) groups excluding carboxylic acids is 1. The number of ketones is 1. The molecule has 1 atom stereocenters. The fourth-order valence-electron chi connectivity index (χ4n) is 1.94. The van der Waals surface area contributed by atoms with Crippen molar-refractivity contribution in [2.45, 2.75) is 13.1 Å². The molecule has 1 aromatic rings. The first-order chi connectivity index (χ1) is 7.56. The summed E-state index contributed by atoms with van der Waals surface area (Å²) in [6.45, 7) is 1.57. The molecule has 0 saturated heterocycles. The Bertz CT molecular complexity index is 448. The Balaban J connectivity index is 2.53. The number of halogens is 1. The zero-order valence-electron chi connectivity index (χ0n) is 9.37. The molecule has 1 aliphatic rings. The van der Waals surface area contributed by atoms with Crippen LogP contribution in [0.2, 0.25) is 0 Å². The van der Waals surface area contributed by atoms with Crippen LogP contribution in [0.1, 0.15) is 6.92 Å². The average molecular weight is 285 g/mol. The van der Waals surface area contributed by atoms with Crippen LogP contribution in [0.3, 0.4) is 0 Å². The minimum Gasteiger partial charge on any atom is -0.495 e. The Kier molecular flexibility index (Phi) is 2.80. The summed E-state index contributed by atoms with van der Waals surface area (Å²) in [5.41, 5.74) is 1.82. The van der Waals surface area contributed by atoms with Crippen LogP contribution < -0.4 is 15.0 Å². The molecule has 0 radical (unpaired) electrons. The lowest BCUT2D eigenvalue weighted by molar-refractivity contribution is -0.117. The Hall–Kier alpha value is -1.23. The number of anilines is 2. The van der Waals surface area contributed by atoms with E-state index in [0.29, 0.717) is 0 Å². The smallest absolute Gasteiger partial charge is 0.172 e. The van der Waals surface area contributed by atoms with Crippen molar-refractivity contribution in [3.05, 3.63) is 16.6 Å². The van der Waals surface area contributed by atoms with Crippen molar-refractivity contribution in [3.63, 3.8) is 0 Å². The molecule has 2 rings (SSSR count). The molecular formula is C11H13BrN2O2. The van der Waals surface area contributed by atoms with Gasteiger partial charge in [-0.05, 0) is 35.0 Å². The van der Waals surface area contributed by atoms with Crippen molar-refractivity contribution in [1.29, 1.82) is 0 Å². The van der Waals surface area contributed by atoms with E-state index < -0.39 is 0 Å². The van der Waals surface area contributed by atoms with Gasteiger partial charge >= 0.3 is 0 Å². The summed E-state index contributed by atoms with van der Waals surface area (Å²) in [4.78, 5) is 13.4. The van der Waals surface area contributed by atoms with Crippen molar-refractivity contribution in [2.75, 3.05) is 24.4 Å². The van der Waals surface area contributed by atoms with E-state index in [1.54, 1.807) is 14.0 Å². The monoisotopic (exact) mass is 284 g/mol. The number of hydrogen-bond donors (Lipinski definition) is 1. The van der Waals surface area contributed by atoms with Gasteiger partial charge in [0.25, 0.3) is 0 Å². The maximum Gasteiger partial charge on any atom is 0.172 e. The molecule has 5 heteroatoms. The Labute approximate surface area is 103 Å². The summed E-state index contributed by atoms with van der Waals surface area (Å²) in [6.07, 6.45) is -0.317. The lowest BCUT2D eigenvalue weighted by Gasteiger charge is -2.19. The number of benzene rings is 1. The highest BCUT2D eigenvalue weighted by atomic mass is 79.9. The highest BCUT2D eigenvalue weighted by Crippen LogP contribution is 2.45. The fourth-order valence-corrected chi connectivity index (χ4v) is 2.55. The first-order valence-corrected chi connectivity index (χ1v) is 5.72. The van der Waals surface area contributed by atoms with E-state index in [2.05, 4.69) is 21.2 Å². The number of rotatable bonds is 2. The molecule has 0 amide bonds. The molecule has 86 valence electrons. The van der Waals surface area contributed by atoms with Crippen LogP contribution in [-0.2, 0) is 4.79 Å². The topological polar surface area (TPSA) is 41.6 Å². The molecule has 1 aromatic carbocycles. The quantitative estimate of drug-likeness (QED) is 0.904. The third kappa shape index (κ3) is 1.55.